The first-order chi connectivity index (χ1) is 28.7. The molecule has 5 heterocycles. The van der Waals surface area contributed by atoms with E-state index in [-0.39, 0.29) is 29.8 Å². The fourth-order valence-corrected chi connectivity index (χ4v) is 9.37. The highest BCUT2D eigenvalue weighted by Crippen LogP contribution is 2.39. The van der Waals surface area contributed by atoms with Crippen LogP contribution in [-0.2, 0) is 30.3 Å². The first kappa shape index (κ1) is 40.8. The smallest absolute Gasteiger partial charge is 0.407 e. The SMILES string of the molecule is CCCN(Cc1nc(-c2ccc(-c3ccc4c(ccc5[nH]c(C6CCC(C)N6C(=O)C(NC(=O)OC)C6CCOCC6)nc54)c3)cc2)c(Cl)[nH]1)C(=O)CC1CCOCC1. The van der Waals surface area contributed by atoms with Crippen molar-refractivity contribution < 1.29 is 28.6 Å². The molecular formula is C45H54ClN7O6. The number of H-pyrrole nitrogens is 2. The highest BCUT2D eigenvalue weighted by molar-refractivity contribution is 6.31. The summed E-state index contributed by atoms with van der Waals surface area (Å²) in [5.74, 6) is 1.77. The van der Waals surface area contributed by atoms with Crippen molar-refractivity contribution in [1.29, 1.82) is 0 Å². The zero-order valence-corrected chi connectivity index (χ0v) is 34.9. The van der Waals surface area contributed by atoms with Crippen LogP contribution in [0.3, 0.4) is 0 Å². The quantitative estimate of drug-likeness (QED) is 0.114. The number of aromatic amines is 2. The lowest BCUT2D eigenvalue weighted by Crippen LogP contribution is -2.54. The second-order valence-electron chi connectivity index (χ2n) is 16.3. The van der Waals surface area contributed by atoms with Gasteiger partial charge in [-0.1, -0.05) is 61.0 Å². The molecule has 3 amide bonds. The maximum atomic E-state index is 14.3. The van der Waals surface area contributed by atoms with Gasteiger partial charge in [0, 0.05) is 56.4 Å². The van der Waals surface area contributed by atoms with Crippen molar-refractivity contribution in [2.75, 3.05) is 40.1 Å². The minimum Gasteiger partial charge on any atom is -0.453 e. The first-order valence-electron chi connectivity index (χ1n) is 21.1. The number of hydrogen-bond donors (Lipinski definition) is 3. The molecule has 3 saturated heterocycles. The molecule has 0 saturated carbocycles. The molecular weight excluding hydrogens is 770 g/mol. The number of fused-ring (bicyclic) bond motifs is 3. The Balaban J connectivity index is 0.985. The molecule has 0 spiro atoms. The molecule has 3 atom stereocenters. The van der Waals surface area contributed by atoms with Gasteiger partial charge in [-0.3, -0.25) is 9.59 Å². The number of hydrogen-bond acceptors (Lipinski definition) is 8. The Hall–Kier alpha value is -4.98. The lowest BCUT2D eigenvalue weighted by Gasteiger charge is -2.36. The van der Waals surface area contributed by atoms with Crippen molar-refractivity contribution in [3.63, 3.8) is 0 Å². The maximum Gasteiger partial charge on any atom is 0.407 e. The maximum absolute atomic E-state index is 14.3. The average molecular weight is 824 g/mol. The summed E-state index contributed by atoms with van der Waals surface area (Å²) in [5, 5.41) is 5.37. The van der Waals surface area contributed by atoms with Gasteiger partial charge in [0.05, 0.1) is 30.7 Å². The van der Waals surface area contributed by atoms with Crippen LogP contribution in [0, 0.1) is 11.8 Å². The van der Waals surface area contributed by atoms with Crippen LogP contribution < -0.4 is 5.32 Å². The molecule has 0 radical (unpaired) electrons. The molecule has 8 rings (SSSR count). The van der Waals surface area contributed by atoms with Crippen molar-refractivity contribution in [1.82, 2.24) is 35.1 Å². The van der Waals surface area contributed by atoms with Crippen LogP contribution in [0.25, 0.3) is 44.2 Å². The Labute approximate surface area is 349 Å². The third-order valence-corrected chi connectivity index (χ3v) is 12.7. The van der Waals surface area contributed by atoms with E-state index in [4.69, 9.17) is 35.8 Å². The topological polar surface area (TPSA) is 155 Å². The van der Waals surface area contributed by atoms with E-state index >= 15 is 0 Å². The van der Waals surface area contributed by atoms with E-state index in [0.717, 1.165) is 89.6 Å². The zero-order valence-electron chi connectivity index (χ0n) is 34.1. The fourth-order valence-electron chi connectivity index (χ4n) is 9.11. The molecule has 59 heavy (non-hydrogen) atoms. The monoisotopic (exact) mass is 823 g/mol. The summed E-state index contributed by atoms with van der Waals surface area (Å²) >= 11 is 6.70. The third-order valence-electron chi connectivity index (χ3n) is 12.4. The number of imidazole rings is 2. The summed E-state index contributed by atoms with van der Waals surface area (Å²) in [4.78, 5) is 60.5. The molecule has 3 unspecified atom stereocenters. The highest BCUT2D eigenvalue weighted by Gasteiger charge is 2.43. The number of carbonyl (C=O) groups excluding carboxylic acids is 3. The number of halogens is 1. The third kappa shape index (κ3) is 8.83. The highest BCUT2D eigenvalue weighted by atomic mass is 35.5. The Morgan fingerprint density at radius 3 is 2.36 bits per heavy atom. The summed E-state index contributed by atoms with van der Waals surface area (Å²) < 4.78 is 16.0. The average Bonchev–Trinajstić information content (AvgIpc) is 3.98. The van der Waals surface area contributed by atoms with E-state index in [9.17, 15) is 14.4 Å². The first-order valence-corrected chi connectivity index (χ1v) is 21.5. The van der Waals surface area contributed by atoms with E-state index < -0.39 is 12.1 Å². The number of methoxy groups -OCH3 is 1. The second-order valence-corrected chi connectivity index (χ2v) is 16.6. The fraction of sp³-hybridized carbons (Fsp3) is 0.489. The van der Waals surface area contributed by atoms with Crippen molar-refractivity contribution >= 4 is 51.3 Å². The minimum absolute atomic E-state index is 0.0154. The summed E-state index contributed by atoms with van der Waals surface area (Å²) in [6.45, 7) is 7.75. The van der Waals surface area contributed by atoms with Gasteiger partial charge in [-0.15, -0.1) is 0 Å². The number of nitrogens with one attached hydrogen (secondary N) is 3. The van der Waals surface area contributed by atoms with Gasteiger partial charge in [0.15, 0.2) is 0 Å². The molecule has 2 aromatic heterocycles. The molecule has 3 N–H and O–H groups in total. The van der Waals surface area contributed by atoms with Crippen LogP contribution in [0.2, 0.25) is 5.15 Å². The van der Waals surface area contributed by atoms with E-state index in [1.54, 1.807) is 0 Å². The van der Waals surface area contributed by atoms with Gasteiger partial charge in [0.2, 0.25) is 11.8 Å². The molecule has 312 valence electrons. The Morgan fingerprint density at radius 2 is 1.63 bits per heavy atom. The lowest BCUT2D eigenvalue weighted by molar-refractivity contribution is -0.138. The number of likely N-dealkylation sites (tertiary alicyclic amines) is 1. The molecule has 0 bridgehead atoms. The number of amides is 3. The van der Waals surface area contributed by atoms with Gasteiger partial charge in [-0.25, -0.2) is 14.8 Å². The number of aromatic nitrogens is 4. The van der Waals surface area contributed by atoms with Crippen molar-refractivity contribution in [3.8, 4) is 22.4 Å². The van der Waals surface area contributed by atoms with Gasteiger partial charge in [-0.05, 0) is 92.4 Å². The molecule has 0 aliphatic carbocycles. The van der Waals surface area contributed by atoms with Crippen LogP contribution in [0.15, 0.2) is 54.6 Å². The van der Waals surface area contributed by atoms with Crippen LogP contribution in [0.5, 0.6) is 0 Å². The molecule has 3 aliphatic rings. The summed E-state index contributed by atoms with van der Waals surface area (Å²) in [6, 6.07) is 17.8. The zero-order chi connectivity index (χ0) is 41.0. The summed E-state index contributed by atoms with van der Waals surface area (Å²) in [5.41, 5.74) is 5.41. The molecule has 3 aromatic carbocycles. The predicted octanol–water partition coefficient (Wildman–Crippen LogP) is 8.19. The molecule has 3 aliphatic heterocycles. The lowest BCUT2D eigenvalue weighted by atomic mass is 9.90. The number of ether oxygens (including phenoxy) is 3. The van der Waals surface area contributed by atoms with E-state index in [1.165, 1.54) is 7.11 Å². The van der Waals surface area contributed by atoms with Gasteiger partial charge in [0.1, 0.15) is 28.5 Å². The Bertz CT molecular complexity index is 2280. The van der Waals surface area contributed by atoms with Crippen LogP contribution in [0.4, 0.5) is 4.79 Å². The van der Waals surface area contributed by atoms with E-state index in [2.05, 4.69) is 65.5 Å². The number of benzene rings is 3. The van der Waals surface area contributed by atoms with Crippen molar-refractivity contribution in [2.45, 2.75) is 89.9 Å². The molecule has 5 aromatic rings. The molecule has 13 nitrogen and oxygen atoms in total. The number of carbonyl (C=O) groups is 3. The standard InChI is InChI=1S/C45H54ClN7O6/c1-4-19-52(38(54)24-28-15-20-58-21-16-28)26-37-48-39(42(46)49-37)30-8-6-29(7-9-30)32-10-12-34-33(25-32)11-13-35-41(34)50-43(47-35)36-14-5-27(2)53(36)44(55)40(51-45(56)57-3)31-17-22-59-23-18-31/h6-13,25,27-28,31,36,40H,4-5,14-24,26H2,1-3H3,(H,47,50)(H,48,49)(H,51,56). The number of alkyl carbamates (subject to hydrolysis) is 1. The molecule has 14 heteroatoms. The van der Waals surface area contributed by atoms with Gasteiger partial charge >= 0.3 is 6.09 Å². The van der Waals surface area contributed by atoms with Crippen molar-refractivity contribution in [2.24, 2.45) is 11.8 Å². The van der Waals surface area contributed by atoms with E-state index in [0.29, 0.717) is 68.2 Å². The normalized spacial score (nSPS) is 19.6. The van der Waals surface area contributed by atoms with Gasteiger partial charge in [-0.2, -0.15) is 0 Å². The summed E-state index contributed by atoms with van der Waals surface area (Å²) in [7, 11) is 1.32. The van der Waals surface area contributed by atoms with Crippen LogP contribution >= 0.6 is 11.6 Å². The van der Waals surface area contributed by atoms with Crippen molar-refractivity contribution in [3.05, 3.63) is 71.4 Å². The van der Waals surface area contributed by atoms with Crippen LogP contribution in [-0.4, -0.2) is 99.8 Å². The predicted molar refractivity (Wildman–Crippen MR) is 227 cm³/mol. The van der Waals surface area contributed by atoms with E-state index in [1.807, 2.05) is 28.0 Å². The van der Waals surface area contributed by atoms with Crippen LogP contribution in [0.1, 0.15) is 82.9 Å². The number of nitrogens with zero attached hydrogens (tertiary/aromatic N) is 4. The molecule has 3 fully saturated rings. The minimum atomic E-state index is -0.702. The number of rotatable bonds is 12. The summed E-state index contributed by atoms with van der Waals surface area (Å²) in [6.07, 6.45) is 5.61. The van der Waals surface area contributed by atoms with Gasteiger partial charge < -0.3 is 39.3 Å². The second kappa shape index (κ2) is 18.1. The largest absolute Gasteiger partial charge is 0.453 e. The Morgan fingerprint density at radius 1 is 0.915 bits per heavy atom. The van der Waals surface area contributed by atoms with Gasteiger partial charge in [0.25, 0.3) is 0 Å². The Kier molecular flexibility index (Phi) is 12.5.